The SMILES string of the molecule is CN(CC(=O)Nc1ccccc1C(F)(F)F)C(=O)CSc1nnc(-c2ccccc2Cl)n1C. The van der Waals surface area contributed by atoms with E-state index in [1.165, 1.54) is 19.2 Å². The molecule has 0 aliphatic carbocycles. The summed E-state index contributed by atoms with van der Waals surface area (Å²) in [5.41, 5.74) is -0.629. The Hall–Kier alpha value is -3.05. The lowest BCUT2D eigenvalue weighted by Crippen LogP contribution is -2.36. The number of rotatable bonds is 7. The first-order valence-corrected chi connectivity index (χ1v) is 10.9. The van der Waals surface area contributed by atoms with Gasteiger partial charge in [0.2, 0.25) is 11.8 Å². The third kappa shape index (κ3) is 6.05. The highest BCUT2D eigenvalue weighted by Gasteiger charge is 2.33. The van der Waals surface area contributed by atoms with Gasteiger partial charge in [0.25, 0.3) is 0 Å². The monoisotopic (exact) mass is 497 g/mol. The Morgan fingerprint density at radius 3 is 2.48 bits per heavy atom. The van der Waals surface area contributed by atoms with Gasteiger partial charge in [-0.25, -0.2) is 0 Å². The van der Waals surface area contributed by atoms with Crippen LogP contribution >= 0.6 is 23.4 Å². The Labute approximate surface area is 196 Å². The number of aromatic nitrogens is 3. The zero-order chi connectivity index (χ0) is 24.2. The van der Waals surface area contributed by atoms with Crippen LogP contribution in [0.25, 0.3) is 11.4 Å². The molecule has 33 heavy (non-hydrogen) atoms. The Balaban J connectivity index is 1.58. The molecule has 0 atom stereocenters. The minimum Gasteiger partial charge on any atom is -0.336 e. The van der Waals surface area contributed by atoms with Gasteiger partial charge >= 0.3 is 6.18 Å². The summed E-state index contributed by atoms with van der Waals surface area (Å²) < 4.78 is 40.9. The van der Waals surface area contributed by atoms with E-state index in [2.05, 4.69) is 15.5 Å². The molecular formula is C21H19ClF3N5O2S. The summed E-state index contributed by atoms with van der Waals surface area (Å²) in [6, 6.07) is 11.8. The molecule has 0 fully saturated rings. The van der Waals surface area contributed by atoms with Crippen LogP contribution in [-0.2, 0) is 22.8 Å². The number of hydrogen-bond acceptors (Lipinski definition) is 5. The number of anilines is 1. The van der Waals surface area contributed by atoms with Gasteiger partial charge < -0.3 is 14.8 Å². The van der Waals surface area contributed by atoms with Crippen molar-refractivity contribution in [1.29, 1.82) is 0 Å². The summed E-state index contributed by atoms with van der Waals surface area (Å²) in [5.74, 6) is -0.655. The minimum absolute atomic E-state index is 0.0442. The fourth-order valence-electron chi connectivity index (χ4n) is 2.89. The molecule has 12 heteroatoms. The summed E-state index contributed by atoms with van der Waals surface area (Å²) in [5, 5.41) is 11.4. The molecule has 0 spiro atoms. The molecule has 0 saturated carbocycles. The summed E-state index contributed by atoms with van der Waals surface area (Å²) >= 11 is 7.32. The predicted octanol–water partition coefficient (Wildman–Crippen LogP) is 4.34. The third-order valence-electron chi connectivity index (χ3n) is 4.59. The number of alkyl halides is 3. The number of nitrogens with one attached hydrogen (secondary N) is 1. The first-order chi connectivity index (χ1) is 15.6. The van der Waals surface area contributed by atoms with Gasteiger partial charge in [-0.3, -0.25) is 9.59 Å². The van der Waals surface area contributed by atoms with Gasteiger partial charge in [0.1, 0.15) is 0 Å². The molecule has 174 valence electrons. The van der Waals surface area contributed by atoms with Crippen LogP contribution in [0, 0.1) is 0 Å². The van der Waals surface area contributed by atoms with Crippen LogP contribution < -0.4 is 5.32 Å². The Morgan fingerprint density at radius 1 is 1.12 bits per heavy atom. The van der Waals surface area contributed by atoms with Gasteiger partial charge in [0.05, 0.1) is 28.6 Å². The van der Waals surface area contributed by atoms with Crippen molar-refractivity contribution < 1.29 is 22.8 Å². The van der Waals surface area contributed by atoms with Gasteiger partial charge in [-0.1, -0.05) is 47.6 Å². The molecule has 0 bridgehead atoms. The number of hydrogen-bond donors (Lipinski definition) is 1. The van der Waals surface area contributed by atoms with Crippen LogP contribution in [0.2, 0.25) is 5.02 Å². The summed E-state index contributed by atoms with van der Waals surface area (Å²) in [6.45, 7) is -0.407. The molecule has 3 rings (SSSR count). The first-order valence-electron chi connectivity index (χ1n) is 9.55. The van der Waals surface area contributed by atoms with Crippen LogP contribution in [0.15, 0.2) is 53.7 Å². The maximum absolute atomic E-state index is 13.1. The number of amides is 2. The van der Waals surface area contributed by atoms with E-state index in [1.807, 2.05) is 6.07 Å². The maximum atomic E-state index is 13.1. The molecule has 2 amide bonds. The fraction of sp³-hybridized carbons (Fsp3) is 0.238. The normalized spacial score (nSPS) is 11.3. The quantitative estimate of drug-likeness (QED) is 0.491. The molecule has 3 aromatic rings. The molecule has 1 N–H and O–H groups in total. The van der Waals surface area contributed by atoms with Crippen molar-refractivity contribution in [3.05, 3.63) is 59.1 Å². The van der Waals surface area contributed by atoms with Crippen LogP contribution in [0.1, 0.15) is 5.56 Å². The first kappa shape index (κ1) is 24.6. The average Bonchev–Trinajstić information content (AvgIpc) is 3.12. The topological polar surface area (TPSA) is 80.1 Å². The van der Waals surface area contributed by atoms with Crippen molar-refractivity contribution in [2.45, 2.75) is 11.3 Å². The maximum Gasteiger partial charge on any atom is 0.418 e. The van der Waals surface area contributed by atoms with E-state index in [9.17, 15) is 22.8 Å². The van der Waals surface area contributed by atoms with E-state index in [0.717, 1.165) is 28.8 Å². The number of likely N-dealkylation sites (N-methyl/N-ethyl adjacent to an activating group) is 1. The number of halogens is 4. The van der Waals surface area contributed by atoms with Gasteiger partial charge in [0, 0.05) is 19.7 Å². The molecule has 0 radical (unpaired) electrons. The van der Waals surface area contributed by atoms with Crippen molar-refractivity contribution in [1.82, 2.24) is 19.7 Å². The average molecular weight is 498 g/mol. The molecule has 0 aliphatic heterocycles. The summed E-state index contributed by atoms with van der Waals surface area (Å²) in [7, 11) is 3.13. The molecule has 0 saturated heterocycles. The van der Waals surface area contributed by atoms with Crippen LogP contribution in [0.5, 0.6) is 0 Å². The largest absolute Gasteiger partial charge is 0.418 e. The number of carbonyl (C=O) groups excluding carboxylic acids is 2. The zero-order valence-electron chi connectivity index (χ0n) is 17.6. The molecule has 2 aromatic carbocycles. The van der Waals surface area contributed by atoms with Crippen molar-refractivity contribution in [2.24, 2.45) is 7.05 Å². The standard InChI is InChI=1S/C21H19ClF3N5O2S/c1-29(11-17(31)26-16-10-6-4-8-14(16)21(23,24)25)18(32)12-33-20-28-27-19(30(20)2)13-7-3-5-9-15(13)22/h3-10H,11-12H2,1-2H3,(H,26,31). The van der Waals surface area contributed by atoms with E-state index in [4.69, 9.17) is 11.6 Å². The second kappa shape index (κ2) is 10.3. The lowest BCUT2D eigenvalue weighted by molar-refractivity contribution is -0.137. The highest BCUT2D eigenvalue weighted by molar-refractivity contribution is 7.99. The number of para-hydroxylation sites is 1. The van der Waals surface area contributed by atoms with Crippen LogP contribution in [0.4, 0.5) is 18.9 Å². The molecule has 7 nitrogen and oxygen atoms in total. The number of carbonyl (C=O) groups is 2. The van der Waals surface area contributed by atoms with Crippen molar-refractivity contribution in [2.75, 3.05) is 24.7 Å². The van der Waals surface area contributed by atoms with E-state index < -0.39 is 30.1 Å². The number of nitrogens with zero attached hydrogens (tertiary/aromatic N) is 4. The van der Waals surface area contributed by atoms with Crippen LogP contribution in [0.3, 0.4) is 0 Å². The highest BCUT2D eigenvalue weighted by Crippen LogP contribution is 2.34. The van der Waals surface area contributed by atoms with Crippen molar-refractivity contribution >= 4 is 40.9 Å². The minimum atomic E-state index is -4.61. The van der Waals surface area contributed by atoms with E-state index in [-0.39, 0.29) is 11.4 Å². The summed E-state index contributed by atoms with van der Waals surface area (Å²) in [4.78, 5) is 25.8. The lowest BCUT2D eigenvalue weighted by Gasteiger charge is -2.18. The second-order valence-corrected chi connectivity index (χ2v) is 8.32. The van der Waals surface area contributed by atoms with Gasteiger partial charge in [-0.05, 0) is 24.3 Å². The second-order valence-electron chi connectivity index (χ2n) is 6.98. The third-order valence-corrected chi connectivity index (χ3v) is 5.92. The molecule has 1 aromatic heterocycles. The van der Waals surface area contributed by atoms with E-state index in [1.54, 1.807) is 29.8 Å². The van der Waals surface area contributed by atoms with Crippen molar-refractivity contribution in [3.63, 3.8) is 0 Å². The molecule has 0 unspecified atom stereocenters. The van der Waals surface area contributed by atoms with Gasteiger partial charge in [0.15, 0.2) is 11.0 Å². The Morgan fingerprint density at radius 2 is 1.79 bits per heavy atom. The van der Waals surface area contributed by atoms with Crippen LogP contribution in [-0.4, -0.2) is 50.8 Å². The van der Waals surface area contributed by atoms with Crippen molar-refractivity contribution in [3.8, 4) is 11.4 Å². The predicted molar refractivity (Wildman–Crippen MR) is 120 cm³/mol. The van der Waals surface area contributed by atoms with Gasteiger partial charge in [-0.2, -0.15) is 13.2 Å². The Bertz CT molecular complexity index is 1170. The molecular weight excluding hydrogens is 479 g/mol. The van der Waals surface area contributed by atoms with E-state index in [0.29, 0.717) is 21.6 Å². The zero-order valence-corrected chi connectivity index (χ0v) is 19.1. The fourth-order valence-corrected chi connectivity index (χ4v) is 3.96. The lowest BCUT2D eigenvalue weighted by atomic mass is 10.1. The Kier molecular flexibility index (Phi) is 7.65. The molecule has 0 aliphatic rings. The molecule has 1 heterocycles. The number of benzene rings is 2. The van der Waals surface area contributed by atoms with E-state index >= 15 is 0 Å². The number of thioether (sulfide) groups is 1. The smallest absolute Gasteiger partial charge is 0.336 e. The van der Waals surface area contributed by atoms with Gasteiger partial charge in [-0.15, -0.1) is 10.2 Å². The summed E-state index contributed by atoms with van der Waals surface area (Å²) in [6.07, 6.45) is -4.61. The highest BCUT2D eigenvalue weighted by atomic mass is 35.5.